The highest BCUT2D eigenvalue weighted by Crippen LogP contribution is 2.54. The third-order valence-corrected chi connectivity index (χ3v) is 17.7. The molecule has 0 bridgehead atoms. The maximum Gasteiger partial charge on any atom is 0.252 e. The van der Waals surface area contributed by atoms with Crippen LogP contribution in [0.4, 0.5) is 34.1 Å². The Labute approximate surface area is 396 Å². The minimum absolute atomic E-state index is 0.0115. The van der Waals surface area contributed by atoms with Crippen LogP contribution in [0.1, 0.15) is 170 Å². The molecule has 11 rings (SSSR count). The summed E-state index contributed by atoms with van der Waals surface area (Å²) in [5.74, 6) is 0. The van der Waals surface area contributed by atoms with Gasteiger partial charge in [0.2, 0.25) is 0 Å². The van der Waals surface area contributed by atoms with Crippen LogP contribution in [0.3, 0.4) is 0 Å². The van der Waals surface area contributed by atoms with Gasteiger partial charge in [-0.05, 0) is 199 Å². The van der Waals surface area contributed by atoms with E-state index in [1.165, 1.54) is 55.3 Å². The van der Waals surface area contributed by atoms with Gasteiger partial charge in [-0.1, -0.05) is 144 Å². The van der Waals surface area contributed by atoms with E-state index in [1.54, 1.807) is 0 Å². The second-order valence-corrected chi connectivity index (χ2v) is 24.8. The summed E-state index contributed by atoms with van der Waals surface area (Å²) in [5, 5.41) is 0. The molecular formula is C62H71BN2. The Hall–Kier alpha value is -5.02. The molecule has 0 unspecified atom stereocenters. The Morgan fingerprint density at radius 2 is 0.908 bits per heavy atom. The van der Waals surface area contributed by atoms with Crippen LogP contribution in [0.15, 0.2) is 103 Å². The molecule has 0 N–H and O–H groups in total. The fourth-order valence-corrected chi connectivity index (χ4v) is 13.1. The zero-order valence-electron chi connectivity index (χ0n) is 44.5. The van der Waals surface area contributed by atoms with Crippen molar-refractivity contribution in [2.75, 3.05) is 9.80 Å². The molecule has 0 saturated carbocycles. The van der Waals surface area contributed by atoms with Crippen LogP contribution in [0.5, 0.6) is 0 Å². The summed E-state index contributed by atoms with van der Waals surface area (Å²) in [6.45, 7) is 28.7. The highest BCUT2D eigenvalue weighted by molar-refractivity contribution is 7.00. The van der Waals surface area contributed by atoms with E-state index < -0.39 is 6.85 Å². The van der Waals surface area contributed by atoms with Gasteiger partial charge in [0, 0.05) is 38.2 Å². The number of rotatable bonds is 3. The Kier molecular flexibility index (Phi) is 8.30. The fourth-order valence-electron chi connectivity index (χ4n) is 13.1. The zero-order valence-corrected chi connectivity index (χ0v) is 41.5. The lowest BCUT2D eigenvalue weighted by Crippen LogP contribution is -2.62. The van der Waals surface area contributed by atoms with Gasteiger partial charge < -0.3 is 9.80 Å². The Balaban J connectivity index is 1.29. The first-order valence-electron chi connectivity index (χ1n) is 26.2. The second kappa shape index (κ2) is 13.8. The molecule has 65 heavy (non-hydrogen) atoms. The Morgan fingerprint density at radius 3 is 1.49 bits per heavy atom. The molecule has 3 aliphatic carbocycles. The molecule has 2 aliphatic heterocycles. The molecule has 2 nitrogen and oxygen atoms in total. The van der Waals surface area contributed by atoms with E-state index in [1.807, 2.05) is 12.1 Å². The summed E-state index contributed by atoms with van der Waals surface area (Å²) in [5.41, 5.74) is 22.5. The van der Waals surface area contributed by atoms with Crippen LogP contribution in [-0.4, -0.2) is 6.71 Å². The second-order valence-electron chi connectivity index (χ2n) is 24.8. The van der Waals surface area contributed by atoms with Crippen molar-refractivity contribution in [2.24, 2.45) is 0 Å². The molecule has 0 atom stereocenters. The van der Waals surface area contributed by atoms with Crippen molar-refractivity contribution in [3.63, 3.8) is 0 Å². The first-order valence-corrected chi connectivity index (χ1v) is 24.7. The number of nitrogens with zero attached hydrogens (tertiary/aromatic N) is 2. The minimum atomic E-state index is -2.36. The first kappa shape index (κ1) is 39.2. The fraction of sp³-hybridized carbons (Fsp3) is 0.419. The van der Waals surface area contributed by atoms with Gasteiger partial charge in [0.1, 0.15) is 0 Å². The molecule has 0 radical (unpaired) electrons. The van der Waals surface area contributed by atoms with E-state index >= 15 is 0 Å². The summed E-state index contributed by atoms with van der Waals surface area (Å²) in [6.07, 6.45) is 6.72. The van der Waals surface area contributed by atoms with E-state index in [0.29, 0.717) is 5.56 Å². The van der Waals surface area contributed by atoms with Gasteiger partial charge in [0.25, 0.3) is 6.71 Å². The topological polar surface area (TPSA) is 6.48 Å². The van der Waals surface area contributed by atoms with Crippen LogP contribution in [0.25, 0.3) is 11.1 Å². The zero-order chi connectivity index (χ0) is 48.5. The van der Waals surface area contributed by atoms with Gasteiger partial charge in [0.05, 0.1) is 0 Å². The first-order chi connectivity index (χ1) is 31.7. The van der Waals surface area contributed by atoms with E-state index in [4.69, 9.17) is 0 Å². The predicted octanol–water partition coefficient (Wildman–Crippen LogP) is 15.1. The molecule has 5 aliphatic rings. The summed E-state index contributed by atoms with van der Waals surface area (Å²) in [7, 11) is 0. The van der Waals surface area contributed by atoms with Crippen molar-refractivity contribution >= 4 is 57.2 Å². The third-order valence-electron chi connectivity index (χ3n) is 17.7. The van der Waals surface area contributed by atoms with Crippen molar-refractivity contribution < 1.29 is 4.11 Å². The van der Waals surface area contributed by atoms with E-state index in [2.05, 4.69) is 191 Å². The molecule has 0 amide bonds. The van der Waals surface area contributed by atoms with Crippen LogP contribution in [0.2, 0.25) is 0 Å². The van der Waals surface area contributed by atoms with Gasteiger partial charge in [-0.25, -0.2) is 0 Å². The number of fused-ring (bicyclic) bond motifs is 7. The van der Waals surface area contributed by atoms with Gasteiger partial charge in [-0.2, -0.15) is 0 Å². The number of hydrogen-bond acceptors (Lipinski definition) is 2. The van der Waals surface area contributed by atoms with Crippen molar-refractivity contribution in [3.8, 4) is 11.1 Å². The summed E-state index contributed by atoms with van der Waals surface area (Å²) in [4.78, 5) is 4.97. The van der Waals surface area contributed by atoms with Crippen LogP contribution < -0.4 is 26.2 Å². The molecule has 0 aromatic heterocycles. The van der Waals surface area contributed by atoms with Crippen molar-refractivity contribution in [3.05, 3.63) is 148 Å². The maximum atomic E-state index is 9.21. The summed E-state index contributed by atoms with van der Waals surface area (Å²) in [6, 6.07) is 39.2. The molecular weight excluding hydrogens is 784 g/mol. The molecule has 6 aromatic rings. The van der Waals surface area contributed by atoms with E-state index in [0.717, 1.165) is 83.8 Å². The van der Waals surface area contributed by atoms with Gasteiger partial charge >= 0.3 is 0 Å². The van der Waals surface area contributed by atoms with Crippen LogP contribution in [0, 0.1) is 13.8 Å². The number of benzene rings is 6. The van der Waals surface area contributed by atoms with Crippen molar-refractivity contribution in [1.29, 1.82) is 0 Å². The minimum Gasteiger partial charge on any atom is -0.311 e. The molecule has 2 heterocycles. The molecule has 0 saturated heterocycles. The highest BCUT2D eigenvalue weighted by Gasteiger charge is 2.48. The lowest BCUT2D eigenvalue weighted by molar-refractivity contribution is 0.332. The molecule has 3 heteroatoms. The monoisotopic (exact) mass is 858 g/mol. The quantitative estimate of drug-likeness (QED) is 0.163. The molecule has 332 valence electrons. The average Bonchev–Trinajstić information content (AvgIpc) is 3.27. The van der Waals surface area contributed by atoms with Crippen LogP contribution >= 0.6 is 0 Å². The third kappa shape index (κ3) is 6.33. The molecule has 0 fully saturated rings. The van der Waals surface area contributed by atoms with Crippen molar-refractivity contribution in [2.45, 2.75) is 168 Å². The molecule has 0 spiro atoms. The Bertz CT molecular complexity index is 3090. The van der Waals surface area contributed by atoms with Crippen LogP contribution in [-0.2, 0) is 32.5 Å². The average molecular weight is 858 g/mol. The number of hydrogen-bond donors (Lipinski definition) is 0. The summed E-state index contributed by atoms with van der Waals surface area (Å²) < 4.78 is 27.6. The van der Waals surface area contributed by atoms with Gasteiger partial charge in [-0.3, -0.25) is 0 Å². The lowest BCUT2D eigenvalue weighted by atomic mass is 9.33. The standard InChI is InChI=1S/C62H71BN2/c1-38-30-54-56-55(31-38)65(51-36-47-44(32-39(51)2)58(5,6)26-28-61(47,11)12)52-33-41(40-18-16-15-17-19-40)20-23-49(52)63(56)50-35-46-48(62(13,14)29-27-60(46,9)10)37-53(50)64(54)42-21-22-43-45(34-42)59(7,8)25-24-57(43,3)4/h15-23,30-37H,24-29H2,1-14H3/i1D3. The van der Waals surface area contributed by atoms with Crippen molar-refractivity contribution in [1.82, 2.24) is 0 Å². The van der Waals surface area contributed by atoms with Gasteiger partial charge in [-0.15, -0.1) is 0 Å². The molecule has 6 aromatic carbocycles. The normalized spacial score (nSPS) is 21.6. The SMILES string of the molecule is [2H]C([2H])([2H])c1cc2c3c(c1)N(c1cc4c(cc1C)C(C)(C)CCC4(C)C)c1cc(-c4ccccc4)ccc1B3c1cc3c(cc1N2c1ccc2c(c1)C(C)(C)CCC2(C)C)C(C)(C)CCC3(C)C. The number of aryl methyl sites for hydroxylation is 2. The highest BCUT2D eigenvalue weighted by atomic mass is 15.2. The predicted molar refractivity (Wildman–Crippen MR) is 281 cm³/mol. The smallest absolute Gasteiger partial charge is 0.252 e. The maximum absolute atomic E-state index is 9.21. The Morgan fingerprint density at radius 1 is 0.415 bits per heavy atom. The number of anilines is 6. The van der Waals surface area contributed by atoms with E-state index in [-0.39, 0.29) is 39.2 Å². The van der Waals surface area contributed by atoms with E-state index in [9.17, 15) is 4.11 Å². The summed E-state index contributed by atoms with van der Waals surface area (Å²) >= 11 is 0. The largest absolute Gasteiger partial charge is 0.311 e. The van der Waals surface area contributed by atoms with Gasteiger partial charge in [0.15, 0.2) is 0 Å². The lowest BCUT2D eigenvalue weighted by Gasteiger charge is -2.48.